The normalized spacial score (nSPS) is 9.20. The largest absolute Gasteiger partial charge is 0.299 e. The molecule has 0 bridgehead atoms. The molecule has 0 aliphatic carbocycles. The Bertz CT molecular complexity index is 121. The third-order valence-corrected chi connectivity index (χ3v) is 1.56. The highest BCUT2D eigenvalue weighted by Crippen LogP contribution is 1.92. The van der Waals surface area contributed by atoms with Crippen LogP contribution in [0, 0.1) is 11.8 Å². The van der Waals surface area contributed by atoms with Crippen LogP contribution in [0.25, 0.3) is 0 Å². The molecule has 10 heavy (non-hydrogen) atoms. The molecule has 0 aromatic heterocycles. The average Bonchev–Trinajstić information content (AvgIpc) is 1.87. The molecule has 0 fully saturated rings. The molecule has 0 aromatic rings. The van der Waals surface area contributed by atoms with E-state index in [0.717, 1.165) is 18.7 Å². The molecule has 0 atom stereocenters. The third-order valence-electron chi connectivity index (χ3n) is 0.951. The fourth-order valence-corrected chi connectivity index (χ4v) is 0.762. The minimum absolute atomic E-state index is 0.883. The summed E-state index contributed by atoms with van der Waals surface area (Å²) < 4.78 is 0. The smallest absolute Gasteiger partial charge is 0.0596 e. The quantitative estimate of drug-likeness (QED) is 0.449. The average molecular weight is 157 g/mol. The van der Waals surface area contributed by atoms with Crippen LogP contribution in [0.2, 0.25) is 0 Å². The van der Waals surface area contributed by atoms with Gasteiger partial charge in [-0.2, -0.15) is 11.8 Å². The van der Waals surface area contributed by atoms with Crippen molar-refractivity contribution in [1.29, 1.82) is 0 Å². The molecular formula is C8H15NS. The molecule has 0 N–H and O–H groups in total. The first-order chi connectivity index (χ1) is 4.77. The van der Waals surface area contributed by atoms with Crippen LogP contribution in [-0.4, -0.2) is 37.5 Å². The second-order valence-corrected chi connectivity index (χ2v) is 3.32. The van der Waals surface area contributed by atoms with Crippen LogP contribution >= 0.6 is 11.8 Å². The third kappa shape index (κ3) is 7.87. The predicted octanol–water partition coefficient (Wildman–Crippen LogP) is 1.30. The fourth-order valence-electron chi connectivity index (χ4n) is 0.455. The van der Waals surface area contributed by atoms with Gasteiger partial charge in [-0.15, -0.1) is 5.92 Å². The minimum Gasteiger partial charge on any atom is -0.299 e. The second kappa shape index (κ2) is 6.98. The number of thioether (sulfide) groups is 1. The van der Waals surface area contributed by atoms with Crippen LogP contribution < -0.4 is 0 Å². The Morgan fingerprint density at radius 3 is 2.50 bits per heavy atom. The zero-order valence-corrected chi connectivity index (χ0v) is 7.79. The van der Waals surface area contributed by atoms with Crippen molar-refractivity contribution in [2.24, 2.45) is 0 Å². The maximum Gasteiger partial charge on any atom is 0.0596 e. The Morgan fingerprint density at radius 1 is 1.30 bits per heavy atom. The van der Waals surface area contributed by atoms with Gasteiger partial charge in [0.15, 0.2) is 0 Å². The van der Waals surface area contributed by atoms with E-state index in [1.165, 1.54) is 0 Å². The molecule has 1 nitrogen and oxygen atoms in total. The fraction of sp³-hybridized carbons (Fsp3) is 0.750. The zero-order valence-electron chi connectivity index (χ0n) is 6.98. The highest BCUT2D eigenvalue weighted by atomic mass is 32.2. The van der Waals surface area contributed by atoms with E-state index in [4.69, 9.17) is 0 Å². The van der Waals surface area contributed by atoms with E-state index in [9.17, 15) is 0 Å². The number of hydrogen-bond acceptors (Lipinski definition) is 2. The SMILES string of the molecule is CSCCC#CCN(C)C. The minimum atomic E-state index is 0.883. The Balaban J connectivity index is 3.14. The maximum absolute atomic E-state index is 3.11. The molecule has 0 unspecified atom stereocenters. The lowest BCUT2D eigenvalue weighted by atomic mass is 10.4. The first-order valence-corrected chi connectivity index (χ1v) is 4.76. The number of hydrogen-bond donors (Lipinski definition) is 0. The van der Waals surface area contributed by atoms with Crippen molar-refractivity contribution >= 4 is 11.8 Å². The molecule has 0 rings (SSSR count). The van der Waals surface area contributed by atoms with Gasteiger partial charge in [0.1, 0.15) is 0 Å². The molecule has 0 aliphatic rings. The predicted molar refractivity (Wildman–Crippen MR) is 49.3 cm³/mol. The molecule has 0 amide bonds. The van der Waals surface area contributed by atoms with Gasteiger partial charge in [0, 0.05) is 12.2 Å². The molecule has 0 radical (unpaired) electrons. The van der Waals surface area contributed by atoms with Crippen LogP contribution in [0.3, 0.4) is 0 Å². The Morgan fingerprint density at radius 2 is 2.00 bits per heavy atom. The monoisotopic (exact) mass is 157 g/mol. The van der Waals surface area contributed by atoms with E-state index < -0.39 is 0 Å². The summed E-state index contributed by atoms with van der Waals surface area (Å²) in [5.74, 6) is 7.34. The van der Waals surface area contributed by atoms with Gasteiger partial charge in [0.05, 0.1) is 6.54 Å². The molecule has 0 aromatic carbocycles. The summed E-state index contributed by atoms with van der Waals surface area (Å²) in [6, 6.07) is 0. The molecule has 0 saturated carbocycles. The van der Waals surface area contributed by atoms with E-state index in [1.54, 1.807) is 0 Å². The van der Waals surface area contributed by atoms with Gasteiger partial charge in [-0.25, -0.2) is 0 Å². The summed E-state index contributed by atoms with van der Waals surface area (Å²) in [7, 11) is 4.06. The molecule has 58 valence electrons. The Hall–Kier alpha value is -0.130. The molecule has 0 aliphatic heterocycles. The van der Waals surface area contributed by atoms with E-state index >= 15 is 0 Å². The van der Waals surface area contributed by atoms with Gasteiger partial charge in [-0.3, -0.25) is 4.90 Å². The highest BCUT2D eigenvalue weighted by Gasteiger charge is 1.80. The molecule has 2 heteroatoms. The van der Waals surface area contributed by atoms with E-state index in [2.05, 4.69) is 23.0 Å². The molecule has 0 saturated heterocycles. The maximum atomic E-state index is 3.11. The van der Waals surface area contributed by atoms with Crippen molar-refractivity contribution in [1.82, 2.24) is 4.90 Å². The van der Waals surface area contributed by atoms with Gasteiger partial charge in [0.2, 0.25) is 0 Å². The van der Waals surface area contributed by atoms with Gasteiger partial charge in [0.25, 0.3) is 0 Å². The summed E-state index contributed by atoms with van der Waals surface area (Å²) >= 11 is 1.84. The molecular weight excluding hydrogens is 142 g/mol. The standard InChI is InChI=1S/C8H15NS/c1-9(2)7-5-4-6-8-10-3/h6-8H2,1-3H3. The van der Waals surface area contributed by atoms with Gasteiger partial charge < -0.3 is 0 Å². The van der Waals surface area contributed by atoms with Gasteiger partial charge in [-0.1, -0.05) is 5.92 Å². The van der Waals surface area contributed by atoms with Gasteiger partial charge >= 0.3 is 0 Å². The van der Waals surface area contributed by atoms with Crippen molar-refractivity contribution in [2.75, 3.05) is 32.6 Å². The summed E-state index contributed by atoms with van der Waals surface area (Å²) in [5.41, 5.74) is 0. The van der Waals surface area contributed by atoms with Crippen molar-refractivity contribution in [2.45, 2.75) is 6.42 Å². The number of rotatable bonds is 3. The van der Waals surface area contributed by atoms with Crippen LogP contribution in [0.5, 0.6) is 0 Å². The summed E-state index contributed by atoms with van der Waals surface area (Å²) in [6.45, 7) is 0.883. The van der Waals surface area contributed by atoms with Crippen molar-refractivity contribution in [3.05, 3.63) is 0 Å². The lowest BCUT2D eigenvalue weighted by Crippen LogP contribution is -2.10. The molecule has 0 spiro atoms. The van der Waals surface area contributed by atoms with Crippen molar-refractivity contribution in [3.8, 4) is 11.8 Å². The van der Waals surface area contributed by atoms with E-state index in [-0.39, 0.29) is 0 Å². The Labute approximate surface area is 68.2 Å². The lowest BCUT2D eigenvalue weighted by molar-refractivity contribution is 0.463. The number of nitrogens with zero attached hydrogens (tertiary/aromatic N) is 1. The van der Waals surface area contributed by atoms with E-state index in [1.807, 2.05) is 25.9 Å². The second-order valence-electron chi connectivity index (χ2n) is 2.33. The summed E-state index contributed by atoms with van der Waals surface area (Å²) in [5, 5.41) is 0. The highest BCUT2D eigenvalue weighted by molar-refractivity contribution is 7.98. The van der Waals surface area contributed by atoms with Gasteiger partial charge in [-0.05, 0) is 20.4 Å². The lowest BCUT2D eigenvalue weighted by Gasteiger charge is -2.00. The van der Waals surface area contributed by atoms with Crippen LogP contribution in [-0.2, 0) is 0 Å². The van der Waals surface area contributed by atoms with Crippen LogP contribution in [0.1, 0.15) is 6.42 Å². The topological polar surface area (TPSA) is 3.24 Å². The first-order valence-electron chi connectivity index (χ1n) is 3.36. The molecule has 0 heterocycles. The summed E-state index contributed by atoms with van der Waals surface area (Å²) in [6.07, 6.45) is 3.13. The van der Waals surface area contributed by atoms with Crippen LogP contribution in [0.15, 0.2) is 0 Å². The zero-order chi connectivity index (χ0) is 7.82. The van der Waals surface area contributed by atoms with Crippen molar-refractivity contribution < 1.29 is 0 Å². The van der Waals surface area contributed by atoms with Crippen molar-refractivity contribution in [3.63, 3.8) is 0 Å². The first kappa shape index (κ1) is 9.87. The van der Waals surface area contributed by atoms with Crippen LogP contribution in [0.4, 0.5) is 0 Å². The van der Waals surface area contributed by atoms with E-state index in [0.29, 0.717) is 0 Å². The Kier molecular flexibility index (Phi) is 6.89. The summed E-state index contributed by atoms with van der Waals surface area (Å²) in [4.78, 5) is 2.08.